The van der Waals surface area contributed by atoms with Crippen LogP contribution < -0.4 is 0 Å². The van der Waals surface area contributed by atoms with Gasteiger partial charge in [-0.25, -0.2) is 0 Å². The van der Waals surface area contributed by atoms with E-state index in [1.165, 1.54) is 6.08 Å². The fraction of sp³-hybridized carbons (Fsp3) is 0.500. The zero-order valence-corrected chi connectivity index (χ0v) is 6.49. The number of allylic oxidation sites excluding steroid dienone is 1. The summed E-state index contributed by atoms with van der Waals surface area (Å²) in [5, 5.41) is 17.2. The maximum absolute atomic E-state index is 10.6. The van der Waals surface area contributed by atoms with E-state index < -0.39 is 23.3 Å². The van der Waals surface area contributed by atoms with E-state index in [0.717, 1.165) is 0 Å². The van der Waals surface area contributed by atoms with Crippen LogP contribution in [0.15, 0.2) is 12.7 Å². The molecule has 0 aromatic heterocycles. The maximum atomic E-state index is 10.6. The fourth-order valence-corrected chi connectivity index (χ4v) is 1.35. The van der Waals surface area contributed by atoms with E-state index in [2.05, 4.69) is 6.58 Å². The van der Waals surface area contributed by atoms with Crippen molar-refractivity contribution >= 4 is 11.9 Å². The van der Waals surface area contributed by atoms with Crippen molar-refractivity contribution in [3.63, 3.8) is 0 Å². The lowest BCUT2D eigenvalue weighted by molar-refractivity contribution is -0.157. The molecular formula is C8H10O4. The fourth-order valence-electron chi connectivity index (χ4n) is 1.35. The van der Waals surface area contributed by atoms with Crippen molar-refractivity contribution in [2.24, 2.45) is 11.3 Å². The van der Waals surface area contributed by atoms with Gasteiger partial charge in [-0.1, -0.05) is 6.08 Å². The van der Waals surface area contributed by atoms with E-state index in [1.807, 2.05) is 0 Å². The summed E-state index contributed by atoms with van der Waals surface area (Å²) in [6, 6.07) is 0. The quantitative estimate of drug-likeness (QED) is 0.482. The van der Waals surface area contributed by atoms with Crippen LogP contribution in [0, 0.1) is 11.3 Å². The summed E-state index contributed by atoms with van der Waals surface area (Å²) >= 11 is 0. The first kappa shape index (κ1) is 8.77. The van der Waals surface area contributed by atoms with Crippen molar-refractivity contribution < 1.29 is 19.8 Å². The largest absolute Gasteiger partial charge is 0.481 e. The molecule has 1 aliphatic carbocycles. The Balaban J connectivity index is 2.86. The molecule has 0 heterocycles. The normalized spacial score (nSPS) is 18.8. The van der Waals surface area contributed by atoms with Crippen LogP contribution in [0.3, 0.4) is 0 Å². The molecule has 4 nitrogen and oxygen atoms in total. The molecule has 2 N–H and O–H groups in total. The molecule has 0 bridgehead atoms. The summed E-state index contributed by atoms with van der Waals surface area (Å²) in [7, 11) is 0. The van der Waals surface area contributed by atoms with Crippen molar-refractivity contribution in [1.82, 2.24) is 0 Å². The van der Waals surface area contributed by atoms with Gasteiger partial charge in [-0.05, 0) is 12.8 Å². The molecule has 0 unspecified atom stereocenters. The van der Waals surface area contributed by atoms with Crippen LogP contribution in [0.25, 0.3) is 0 Å². The van der Waals surface area contributed by atoms with Gasteiger partial charge in [-0.3, -0.25) is 9.59 Å². The molecule has 0 aromatic rings. The standard InChI is InChI=1S/C8H10O4/c1-2-8(3-4-8)5(6(9)10)7(11)12/h2,5H,1,3-4H2,(H,9,10)(H,11,12). The molecule has 0 amide bonds. The summed E-state index contributed by atoms with van der Waals surface area (Å²) < 4.78 is 0. The van der Waals surface area contributed by atoms with E-state index in [1.54, 1.807) is 0 Å². The molecule has 0 radical (unpaired) electrons. The number of rotatable bonds is 4. The lowest BCUT2D eigenvalue weighted by atomic mass is 9.89. The molecule has 0 atom stereocenters. The van der Waals surface area contributed by atoms with Crippen molar-refractivity contribution in [3.05, 3.63) is 12.7 Å². The van der Waals surface area contributed by atoms with Crippen molar-refractivity contribution in [2.75, 3.05) is 0 Å². The van der Waals surface area contributed by atoms with Crippen molar-refractivity contribution in [2.45, 2.75) is 12.8 Å². The number of carbonyl (C=O) groups is 2. The van der Waals surface area contributed by atoms with Crippen molar-refractivity contribution in [1.29, 1.82) is 0 Å². The van der Waals surface area contributed by atoms with Crippen LogP contribution in [0.1, 0.15) is 12.8 Å². The van der Waals surface area contributed by atoms with Crippen molar-refractivity contribution in [3.8, 4) is 0 Å². The predicted octanol–water partition coefficient (Wildman–Crippen LogP) is 0.738. The molecule has 0 aliphatic heterocycles. The average molecular weight is 170 g/mol. The van der Waals surface area contributed by atoms with Gasteiger partial charge < -0.3 is 10.2 Å². The molecule has 1 fully saturated rings. The highest BCUT2D eigenvalue weighted by atomic mass is 16.4. The average Bonchev–Trinajstić information content (AvgIpc) is 2.68. The van der Waals surface area contributed by atoms with E-state index in [9.17, 15) is 9.59 Å². The van der Waals surface area contributed by atoms with Crippen LogP contribution in [-0.4, -0.2) is 22.2 Å². The Labute approximate surface area is 69.5 Å². The Hall–Kier alpha value is -1.32. The zero-order chi connectivity index (χ0) is 9.35. The summed E-state index contributed by atoms with van der Waals surface area (Å²) in [6.45, 7) is 3.45. The number of hydrogen-bond acceptors (Lipinski definition) is 2. The van der Waals surface area contributed by atoms with Gasteiger partial charge in [-0.2, -0.15) is 0 Å². The van der Waals surface area contributed by atoms with Crippen LogP contribution in [-0.2, 0) is 9.59 Å². The Morgan fingerprint density at radius 2 is 1.75 bits per heavy atom. The second-order valence-corrected chi connectivity index (χ2v) is 3.05. The van der Waals surface area contributed by atoms with Gasteiger partial charge in [0, 0.05) is 5.41 Å². The van der Waals surface area contributed by atoms with E-state index >= 15 is 0 Å². The highest BCUT2D eigenvalue weighted by molar-refractivity contribution is 5.94. The smallest absolute Gasteiger partial charge is 0.318 e. The summed E-state index contributed by atoms with van der Waals surface area (Å²) in [6.07, 6.45) is 2.67. The predicted molar refractivity (Wildman–Crippen MR) is 40.6 cm³/mol. The molecule has 0 spiro atoms. The van der Waals surface area contributed by atoms with Crippen LogP contribution >= 0.6 is 0 Å². The summed E-state index contributed by atoms with van der Waals surface area (Å²) in [5.41, 5.74) is -0.683. The Morgan fingerprint density at radius 1 is 1.33 bits per heavy atom. The molecule has 66 valence electrons. The molecule has 0 aromatic carbocycles. The number of aliphatic carboxylic acids is 2. The lowest BCUT2D eigenvalue weighted by Crippen LogP contribution is -2.31. The third-order valence-corrected chi connectivity index (χ3v) is 2.30. The third-order valence-electron chi connectivity index (χ3n) is 2.30. The number of carboxylic acids is 2. The molecule has 4 heteroatoms. The van der Waals surface area contributed by atoms with E-state index in [4.69, 9.17) is 10.2 Å². The van der Waals surface area contributed by atoms with Gasteiger partial charge in [0.25, 0.3) is 0 Å². The van der Waals surface area contributed by atoms with Crippen LogP contribution in [0.4, 0.5) is 0 Å². The Morgan fingerprint density at radius 3 is 1.83 bits per heavy atom. The van der Waals surface area contributed by atoms with Gasteiger partial charge in [0.15, 0.2) is 5.92 Å². The molecule has 12 heavy (non-hydrogen) atoms. The van der Waals surface area contributed by atoms with E-state index in [-0.39, 0.29) is 0 Å². The minimum Gasteiger partial charge on any atom is -0.481 e. The van der Waals surface area contributed by atoms with E-state index in [0.29, 0.717) is 12.8 Å². The minimum atomic E-state index is -1.32. The second-order valence-electron chi connectivity index (χ2n) is 3.05. The maximum Gasteiger partial charge on any atom is 0.318 e. The molecule has 1 aliphatic rings. The SMILES string of the molecule is C=CC1(C(C(=O)O)C(=O)O)CC1. The van der Waals surface area contributed by atoms with Crippen LogP contribution in [0.5, 0.6) is 0 Å². The minimum absolute atomic E-state index is 0.611. The number of carboxylic acid groups (broad SMARTS) is 2. The van der Waals surface area contributed by atoms with Gasteiger partial charge in [-0.15, -0.1) is 6.58 Å². The molecule has 1 rings (SSSR count). The number of hydrogen-bond donors (Lipinski definition) is 2. The van der Waals surface area contributed by atoms with Gasteiger partial charge >= 0.3 is 11.9 Å². The zero-order valence-electron chi connectivity index (χ0n) is 6.49. The topological polar surface area (TPSA) is 74.6 Å². The van der Waals surface area contributed by atoms with Gasteiger partial charge in [0.1, 0.15) is 0 Å². The second kappa shape index (κ2) is 2.62. The summed E-state index contributed by atoms with van der Waals surface area (Å²) in [4.78, 5) is 21.1. The monoisotopic (exact) mass is 170 g/mol. The molecule has 0 saturated heterocycles. The first-order chi connectivity index (χ1) is 5.53. The highest BCUT2D eigenvalue weighted by Crippen LogP contribution is 2.53. The third kappa shape index (κ3) is 1.20. The highest BCUT2D eigenvalue weighted by Gasteiger charge is 2.54. The lowest BCUT2D eigenvalue weighted by Gasteiger charge is -2.14. The first-order valence-electron chi connectivity index (χ1n) is 3.63. The first-order valence-corrected chi connectivity index (χ1v) is 3.63. The van der Waals surface area contributed by atoms with Crippen LogP contribution in [0.2, 0.25) is 0 Å². The Kier molecular flexibility index (Phi) is 1.92. The molecule has 1 saturated carbocycles. The Bertz CT molecular complexity index is 225. The summed E-state index contributed by atoms with van der Waals surface area (Å²) in [5.74, 6) is -3.88. The van der Waals surface area contributed by atoms with Gasteiger partial charge in [0.2, 0.25) is 0 Å². The molecular weight excluding hydrogens is 160 g/mol. The van der Waals surface area contributed by atoms with Gasteiger partial charge in [0.05, 0.1) is 0 Å².